The molecule has 78 valence electrons. The number of aromatic nitrogens is 1. The number of nitrogens with zero attached hydrogens (tertiary/aromatic N) is 1. The lowest BCUT2D eigenvalue weighted by Crippen LogP contribution is -2.20. The van der Waals surface area contributed by atoms with Crippen LogP contribution >= 0.6 is 15.9 Å². The highest BCUT2D eigenvalue weighted by molar-refractivity contribution is 9.10. The Morgan fingerprint density at radius 2 is 2.33 bits per heavy atom. The van der Waals surface area contributed by atoms with E-state index in [0.717, 1.165) is 10.5 Å². The van der Waals surface area contributed by atoms with Crippen molar-refractivity contribution in [2.24, 2.45) is 5.92 Å². The highest BCUT2D eigenvalue weighted by Crippen LogP contribution is 2.36. The summed E-state index contributed by atoms with van der Waals surface area (Å²) in [5.41, 5.74) is 2.73. The van der Waals surface area contributed by atoms with Gasteiger partial charge in [0.15, 0.2) is 0 Å². The summed E-state index contributed by atoms with van der Waals surface area (Å²) in [7, 11) is 0. The molecule has 3 rings (SSSR count). The fourth-order valence-corrected chi connectivity index (χ4v) is 2.79. The molecule has 2 atom stereocenters. The van der Waals surface area contributed by atoms with Crippen molar-refractivity contribution in [1.29, 1.82) is 0 Å². The zero-order chi connectivity index (χ0) is 10.3. The summed E-state index contributed by atoms with van der Waals surface area (Å²) in [6.07, 6.45) is 6.86. The van der Waals surface area contributed by atoms with Gasteiger partial charge in [0.25, 0.3) is 0 Å². The minimum Gasteiger partial charge on any atom is -0.310 e. The molecule has 1 aliphatic heterocycles. The first-order valence-corrected chi connectivity index (χ1v) is 6.18. The minimum atomic E-state index is 0.614. The summed E-state index contributed by atoms with van der Waals surface area (Å²) in [4.78, 5) is 4.27. The van der Waals surface area contributed by atoms with E-state index in [2.05, 4.69) is 38.4 Å². The average molecular weight is 265 g/mol. The molecule has 0 saturated carbocycles. The number of allylic oxidation sites excluding steroid dienone is 1. The van der Waals surface area contributed by atoms with Gasteiger partial charge in [0, 0.05) is 12.2 Å². The van der Waals surface area contributed by atoms with Gasteiger partial charge in [0.2, 0.25) is 0 Å². The SMILES string of the molecule is Brc1ccc(C2=C[C@@H]3NCC[C@@H]3C2)cn1. The standard InChI is InChI=1S/C12H13BrN2/c13-12-2-1-9(7-15-12)10-5-8-3-4-14-11(8)6-10/h1-2,6-8,11,14H,3-5H2/t8-,11+/m1/s1. The van der Waals surface area contributed by atoms with E-state index in [4.69, 9.17) is 0 Å². The lowest BCUT2D eigenvalue weighted by Gasteiger charge is -2.06. The van der Waals surface area contributed by atoms with Crippen molar-refractivity contribution in [2.75, 3.05) is 6.54 Å². The first-order chi connectivity index (χ1) is 7.33. The van der Waals surface area contributed by atoms with Crippen LogP contribution in [0.4, 0.5) is 0 Å². The molecule has 0 radical (unpaired) electrons. The fourth-order valence-electron chi connectivity index (χ4n) is 2.55. The van der Waals surface area contributed by atoms with Crippen molar-refractivity contribution in [1.82, 2.24) is 10.3 Å². The fraction of sp³-hybridized carbons (Fsp3) is 0.417. The Balaban J connectivity index is 1.87. The molecule has 1 aliphatic carbocycles. The largest absolute Gasteiger partial charge is 0.310 e. The maximum Gasteiger partial charge on any atom is 0.106 e. The number of hydrogen-bond acceptors (Lipinski definition) is 2. The minimum absolute atomic E-state index is 0.614. The van der Waals surface area contributed by atoms with Crippen LogP contribution in [0.3, 0.4) is 0 Å². The Morgan fingerprint density at radius 3 is 3.07 bits per heavy atom. The van der Waals surface area contributed by atoms with E-state index in [1.54, 1.807) is 0 Å². The molecule has 2 nitrogen and oxygen atoms in total. The second-order valence-electron chi connectivity index (χ2n) is 4.29. The van der Waals surface area contributed by atoms with Gasteiger partial charge < -0.3 is 5.32 Å². The van der Waals surface area contributed by atoms with Crippen LogP contribution in [0.5, 0.6) is 0 Å². The normalized spacial score (nSPS) is 29.0. The topological polar surface area (TPSA) is 24.9 Å². The third-order valence-electron chi connectivity index (χ3n) is 3.36. The Kier molecular flexibility index (Phi) is 2.37. The van der Waals surface area contributed by atoms with Crippen LogP contribution in [-0.4, -0.2) is 17.6 Å². The van der Waals surface area contributed by atoms with Crippen LogP contribution in [-0.2, 0) is 0 Å². The highest BCUT2D eigenvalue weighted by Gasteiger charge is 2.31. The molecule has 1 aromatic heterocycles. The van der Waals surface area contributed by atoms with Crippen molar-refractivity contribution in [3.05, 3.63) is 34.6 Å². The number of pyridine rings is 1. The summed E-state index contributed by atoms with van der Waals surface area (Å²) in [5, 5.41) is 3.52. The number of fused-ring (bicyclic) bond motifs is 1. The molecule has 0 amide bonds. The van der Waals surface area contributed by atoms with Gasteiger partial charge >= 0.3 is 0 Å². The summed E-state index contributed by atoms with van der Waals surface area (Å²) in [6, 6.07) is 4.77. The van der Waals surface area contributed by atoms with E-state index in [-0.39, 0.29) is 0 Å². The molecule has 0 unspecified atom stereocenters. The zero-order valence-electron chi connectivity index (χ0n) is 8.41. The van der Waals surface area contributed by atoms with Crippen LogP contribution in [0.25, 0.3) is 5.57 Å². The Labute approximate surface area is 97.9 Å². The summed E-state index contributed by atoms with van der Waals surface area (Å²) in [5.74, 6) is 0.823. The summed E-state index contributed by atoms with van der Waals surface area (Å²) < 4.78 is 0.906. The summed E-state index contributed by atoms with van der Waals surface area (Å²) >= 11 is 3.36. The van der Waals surface area contributed by atoms with Crippen LogP contribution in [0.15, 0.2) is 29.0 Å². The molecular formula is C12H13BrN2. The molecule has 3 heteroatoms. The maximum atomic E-state index is 4.27. The van der Waals surface area contributed by atoms with Crippen molar-refractivity contribution in [3.63, 3.8) is 0 Å². The lowest BCUT2D eigenvalue weighted by atomic mass is 10.00. The van der Waals surface area contributed by atoms with Gasteiger partial charge in [0.1, 0.15) is 4.60 Å². The van der Waals surface area contributed by atoms with E-state index in [9.17, 15) is 0 Å². The third-order valence-corrected chi connectivity index (χ3v) is 3.83. The highest BCUT2D eigenvalue weighted by atomic mass is 79.9. The average Bonchev–Trinajstić information content (AvgIpc) is 2.78. The van der Waals surface area contributed by atoms with E-state index in [0.29, 0.717) is 6.04 Å². The van der Waals surface area contributed by atoms with Crippen LogP contribution < -0.4 is 5.32 Å². The monoisotopic (exact) mass is 264 g/mol. The van der Waals surface area contributed by atoms with Gasteiger partial charge in [-0.05, 0) is 58.4 Å². The molecule has 0 bridgehead atoms. The molecule has 2 heterocycles. The number of halogens is 1. The first-order valence-electron chi connectivity index (χ1n) is 5.39. The first kappa shape index (κ1) is 9.55. The van der Waals surface area contributed by atoms with E-state index in [1.165, 1.54) is 30.5 Å². The van der Waals surface area contributed by atoms with Gasteiger partial charge in [-0.3, -0.25) is 0 Å². The Bertz CT molecular complexity index is 397. The van der Waals surface area contributed by atoms with Crippen molar-refractivity contribution in [3.8, 4) is 0 Å². The zero-order valence-corrected chi connectivity index (χ0v) is 10.00. The quantitative estimate of drug-likeness (QED) is 0.789. The number of nitrogens with one attached hydrogen (secondary N) is 1. The number of hydrogen-bond donors (Lipinski definition) is 1. The maximum absolute atomic E-state index is 4.27. The second kappa shape index (κ2) is 3.72. The molecule has 0 spiro atoms. The smallest absolute Gasteiger partial charge is 0.106 e. The molecule has 15 heavy (non-hydrogen) atoms. The van der Waals surface area contributed by atoms with Crippen LogP contribution in [0, 0.1) is 5.92 Å². The second-order valence-corrected chi connectivity index (χ2v) is 5.11. The molecule has 0 aromatic carbocycles. The van der Waals surface area contributed by atoms with E-state index < -0.39 is 0 Å². The lowest BCUT2D eigenvalue weighted by molar-refractivity contribution is 0.553. The van der Waals surface area contributed by atoms with E-state index in [1.807, 2.05) is 12.3 Å². The number of rotatable bonds is 1. The molecule has 1 saturated heterocycles. The van der Waals surface area contributed by atoms with Gasteiger partial charge in [-0.2, -0.15) is 0 Å². The predicted octanol–water partition coefficient (Wildman–Crippen LogP) is 2.61. The molecule has 1 aromatic rings. The molecular weight excluding hydrogens is 252 g/mol. The van der Waals surface area contributed by atoms with Crippen molar-refractivity contribution >= 4 is 21.5 Å². The van der Waals surface area contributed by atoms with Gasteiger partial charge in [-0.15, -0.1) is 0 Å². The predicted molar refractivity (Wildman–Crippen MR) is 64.4 cm³/mol. The van der Waals surface area contributed by atoms with Crippen LogP contribution in [0.1, 0.15) is 18.4 Å². The van der Waals surface area contributed by atoms with Crippen LogP contribution in [0.2, 0.25) is 0 Å². The Morgan fingerprint density at radius 1 is 1.40 bits per heavy atom. The van der Waals surface area contributed by atoms with Crippen molar-refractivity contribution in [2.45, 2.75) is 18.9 Å². The van der Waals surface area contributed by atoms with Gasteiger partial charge in [-0.25, -0.2) is 4.98 Å². The van der Waals surface area contributed by atoms with Gasteiger partial charge in [-0.1, -0.05) is 12.1 Å². The molecule has 1 fully saturated rings. The van der Waals surface area contributed by atoms with E-state index >= 15 is 0 Å². The summed E-state index contributed by atoms with van der Waals surface area (Å²) in [6.45, 7) is 1.18. The molecule has 1 N–H and O–H groups in total. The molecule has 2 aliphatic rings. The third kappa shape index (κ3) is 1.74. The van der Waals surface area contributed by atoms with Gasteiger partial charge in [0.05, 0.1) is 0 Å². The Hall–Kier alpha value is -0.670. The van der Waals surface area contributed by atoms with Crippen molar-refractivity contribution < 1.29 is 0 Å².